The van der Waals surface area contributed by atoms with Gasteiger partial charge in [0.2, 0.25) is 11.8 Å². The van der Waals surface area contributed by atoms with Crippen molar-refractivity contribution in [3.05, 3.63) is 16.3 Å². The molecule has 1 saturated heterocycles. The van der Waals surface area contributed by atoms with Crippen molar-refractivity contribution in [1.29, 1.82) is 0 Å². The third kappa shape index (κ3) is 3.53. The fourth-order valence-electron chi connectivity index (χ4n) is 2.44. The van der Waals surface area contributed by atoms with Crippen molar-refractivity contribution in [2.24, 2.45) is 0 Å². The lowest BCUT2D eigenvalue weighted by Gasteiger charge is -2.32. The molecule has 8 heteroatoms. The van der Waals surface area contributed by atoms with Crippen LogP contribution in [0.4, 0.5) is 17.5 Å². The molecule has 1 aliphatic rings. The number of anilines is 2. The van der Waals surface area contributed by atoms with Crippen LogP contribution < -0.4 is 11.1 Å². The molecule has 0 saturated carbocycles. The molecule has 2 rings (SSSR count). The molecule has 0 aromatic carbocycles. The molecule has 0 bridgehead atoms. The summed E-state index contributed by atoms with van der Waals surface area (Å²) in [4.78, 5) is 20.5. The van der Waals surface area contributed by atoms with Crippen LogP contribution in [0.15, 0.2) is 6.20 Å². The summed E-state index contributed by atoms with van der Waals surface area (Å²) in [7, 11) is 0. The lowest BCUT2D eigenvalue weighted by Crippen LogP contribution is -2.39. The van der Waals surface area contributed by atoms with Crippen molar-refractivity contribution in [1.82, 2.24) is 14.9 Å². The van der Waals surface area contributed by atoms with Crippen molar-refractivity contribution in [2.45, 2.75) is 32.2 Å². The SMILES string of the molecule is CCCN1CCC(Nc2nc(N)ncc2[N+](=O)[O-])CC1. The predicted octanol–water partition coefficient (Wildman–Crippen LogP) is 1.25. The number of nitrogens with zero attached hydrogens (tertiary/aromatic N) is 4. The first-order chi connectivity index (χ1) is 9.60. The molecule has 0 amide bonds. The summed E-state index contributed by atoms with van der Waals surface area (Å²) in [5.41, 5.74) is 5.37. The smallest absolute Gasteiger partial charge is 0.329 e. The number of hydrogen-bond donors (Lipinski definition) is 2. The zero-order chi connectivity index (χ0) is 14.5. The number of nitrogens with two attached hydrogens (primary N) is 1. The van der Waals surface area contributed by atoms with Gasteiger partial charge in [-0.1, -0.05) is 6.92 Å². The molecule has 110 valence electrons. The molecule has 1 aromatic heterocycles. The van der Waals surface area contributed by atoms with E-state index in [2.05, 4.69) is 27.1 Å². The van der Waals surface area contributed by atoms with E-state index in [0.29, 0.717) is 0 Å². The Balaban J connectivity index is 2.00. The standard InChI is InChI=1S/C12H20N6O2/c1-2-5-17-6-3-9(4-7-17)15-11-10(18(19)20)8-14-12(13)16-11/h8-9H,2-7H2,1H3,(H3,13,14,15,16). The van der Waals surface area contributed by atoms with Gasteiger partial charge in [0.05, 0.1) is 4.92 Å². The van der Waals surface area contributed by atoms with Gasteiger partial charge >= 0.3 is 5.69 Å². The minimum Gasteiger partial charge on any atom is -0.368 e. The molecule has 8 nitrogen and oxygen atoms in total. The Morgan fingerprint density at radius 3 is 2.85 bits per heavy atom. The Morgan fingerprint density at radius 1 is 1.55 bits per heavy atom. The van der Waals surface area contributed by atoms with Crippen LogP contribution in [0.25, 0.3) is 0 Å². The van der Waals surface area contributed by atoms with Gasteiger partial charge in [-0.05, 0) is 25.8 Å². The van der Waals surface area contributed by atoms with Crippen LogP contribution in [0.5, 0.6) is 0 Å². The Labute approximate surface area is 117 Å². The van der Waals surface area contributed by atoms with E-state index in [4.69, 9.17) is 5.73 Å². The maximum Gasteiger partial charge on any atom is 0.329 e. The second-order valence-electron chi connectivity index (χ2n) is 4.98. The molecule has 0 aliphatic carbocycles. The van der Waals surface area contributed by atoms with E-state index in [1.165, 1.54) is 0 Å². The van der Waals surface area contributed by atoms with Crippen LogP contribution >= 0.6 is 0 Å². The van der Waals surface area contributed by atoms with Crippen LogP contribution in [0.3, 0.4) is 0 Å². The zero-order valence-corrected chi connectivity index (χ0v) is 11.6. The first kappa shape index (κ1) is 14.4. The van der Waals surface area contributed by atoms with Crippen molar-refractivity contribution < 1.29 is 4.92 Å². The van der Waals surface area contributed by atoms with Crippen LogP contribution in [-0.2, 0) is 0 Å². The molecular formula is C12H20N6O2. The lowest BCUT2D eigenvalue weighted by atomic mass is 10.0. The van der Waals surface area contributed by atoms with Crippen LogP contribution in [0.2, 0.25) is 0 Å². The molecule has 1 aromatic rings. The molecule has 2 heterocycles. The highest BCUT2D eigenvalue weighted by Crippen LogP contribution is 2.24. The van der Waals surface area contributed by atoms with Crippen molar-refractivity contribution in [3.63, 3.8) is 0 Å². The van der Waals surface area contributed by atoms with Crippen LogP contribution in [0.1, 0.15) is 26.2 Å². The minimum atomic E-state index is -0.492. The summed E-state index contributed by atoms with van der Waals surface area (Å²) < 4.78 is 0. The fourth-order valence-corrected chi connectivity index (χ4v) is 2.44. The van der Waals surface area contributed by atoms with E-state index in [1.54, 1.807) is 0 Å². The maximum atomic E-state index is 10.9. The first-order valence-corrected chi connectivity index (χ1v) is 6.86. The highest BCUT2D eigenvalue weighted by molar-refractivity contribution is 5.56. The van der Waals surface area contributed by atoms with Crippen molar-refractivity contribution in [3.8, 4) is 0 Å². The summed E-state index contributed by atoms with van der Waals surface area (Å²) in [6.07, 6.45) is 4.19. The average Bonchev–Trinajstić information content (AvgIpc) is 2.41. The van der Waals surface area contributed by atoms with Crippen LogP contribution in [-0.4, -0.2) is 45.5 Å². The van der Waals surface area contributed by atoms with Gasteiger partial charge in [0.15, 0.2) is 0 Å². The topological polar surface area (TPSA) is 110 Å². The zero-order valence-electron chi connectivity index (χ0n) is 11.6. The van der Waals surface area contributed by atoms with Gasteiger partial charge in [-0.3, -0.25) is 10.1 Å². The average molecular weight is 280 g/mol. The van der Waals surface area contributed by atoms with E-state index in [0.717, 1.165) is 45.1 Å². The molecule has 0 spiro atoms. The molecular weight excluding hydrogens is 260 g/mol. The number of nitrogen functional groups attached to an aromatic ring is 1. The van der Waals surface area contributed by atoms with Gasteiger partial charge in [-0.2, -0.15) is 4.98 Å². The van der Waals surface area contributed by atoms with Crippen LogP contribution in [0, 0.1) is 10.1 Å². The summed E-state index contributed by atoms with van der Waals surface area (Å²) in [5, 5.41) is 14.1. The summed E-state index contributed by atoms with van der Waals surface area (Å²) in [6.45, 7) is 5.27. The molecule has 1 fully saturated rings. The highest BCUT2D eigenvalue weighted by Gasteiger charge is 2.23. The third-order valence-corrected chi connectivity index (χ3v) is 3.45. The second kappa shape index (κ2) is 6.47. The highest BCUT2D eigenvalue weighted by atomic mass is 16.6. The van der Waals surface area contributed by atoms with Gasteiger partial charge in [0.1, 0.15) is 6.20 Å². The molecule has 3 N–H and O–H groups in total. The normalized spacial score (nSPS) is 17.1. The molecule has 0 unspecified atom stereocenters. The van der Waals surface area contributed by atoms with Gasteiger partial charge in [0.25, 0.3) is 0 Å². The Morgan fingerprint density at radius 2 is 2.25 bits per heavy atom. The van der Waals surface area contributed by atoms with E-state index in [1.807, 2.05) is 0 Å². The number of hydrogen-bond acceptors (Lipinski definition) is 7. The first-order valence-electron chi connectivity index (χ1n) is 6.86. The predicted molar refractivity (Wildman–Crippen MR) is 76.5 cm³/mol. The summed E-state index contributed by atoms with van der Waals surface area (Å²) in [5.74, 6) is 0.262. The number of aromatic nitrogens is 2. The third-order valence-electron chi connectivity index (χ3n) is 3.45. The number of nitrogens with one attached hydrogen (secondary N) is 1. The monoisotopic (exact) mass is 280 g/mol. The maximum absolute atomic E-state index is 10.9. The number of likely N-dealkylation sites (tertiary alicyclic amines) is 1. The van der Waals surface area contributed by atoms with Crippen molar-refractivity contribution >= 4 is 17.5 Å². The van der Waals surface area contributed by atoms with Gasteiger partial charge < -0.3 is 16.0 Å². The molecule has 0 atom stereocenters. The largest absolute Gasteiger partial charge is 0.368 e. The number of piperidine rings is 1. The van der Waals surface area contributed by atoms with Gasteiger partial charge in [0, 0.05) is 19.1 Å². The number of rotatable bonds is 5. The number of nitro groups is 1. The van der Waals surface area contributed by atoms with E-state index in [-0.39, 0.29) is 23.5 Å². The minimum absolute atomic E-state index is 0.0431. The summed E-state index contributed by atoms with van der Waals surface area (Å²) >= 11 is 0. The van der Waals surface area contributed by atoms with E-state index in [9.17, 15) is 10.1 Å². The van der Waals surface area contributed by atoms with Gasteiger partial charge in [-0.25, -0.2) is 4.98 Å². The van der Waals surface area contributed by atoms with Crippen molar-refractivity contribution in [2.75, 3.05) is 30.7 Å². The second-order valence-corrected chi connectivity index (χ2v) is 4.98. The Hall–Kier alpha value is -1.96. The molecule has 20 heavy (non-hydrogen) atoms. The Kier molecular flexibility index (Phi) is 4.67. The van der Waals surface area contributed by atoms with E-state index >= 15 is 0 Å². The lowest BCUT2D eigenvalue weighted by molar-refractivity contribution is -0.384. The molecule has 1 aliphatic heterocycles. The van der Waals surface area contributed by atoms with Gasteiger partial charge in [-0.15, -0.1) is 0 Å². The quantitative estimate of drug-likeness (QED) is 0.617. The van der Waals surface area contributed by atoms with E-state index < -0.39 is 4.92 Å². The summed E-state index contributed by atoms with van der Waals surface area (Å²) in [6, 6.07) is 0.191. The fraction of sp³-hybridized carbons (Fsp3) is 0.667. The Bertz CT molecular complexity index is 473. The molecule has 0 radical (unpaired) electrons.